The van der Waals surface area contributed by atoms with Gasteiger partial charge in [-0.15, -0.1) is 0 Å². The average Bonchev–Trinajstić information content (AvgIpc) is 3.13. The van der Waals surface area contributed by atoms with E-state index in [1.54, 1.807) is 66.7 Å². The van der Waals surface area contributed by atoms with Gasteiger partial charge in [-0.05, 0) is 64.8 Å². The van der Waals surface area contributed by atoms with Crippen LogP contribution in [0.3, 0.4) is 0 Å². The topological polar surface area (TPSA) is 180 Å². The summed E-state index contributed by atoms with van der Waals surface area (Å²) >= 11 is -2.51. The van der Waals surface area contributed by atoms with Gasteiger partial charge in [0.1, 0.15) is 10.6 Å². The summed E-state index contributed by atoms with van der Waals surface area (Å²) in [6.07, 6.45) is 0.771. The maximum atomic E-state index is 14.5. The van der Waals surface area contributed by atoms with Gasteiger partial charge in [-0.1, -0.05) is 95.3 Å². The van der Waals surface area contributed by atoms with Gasteiger partial charge in [-0.2, -0.15) is 8.42 Å². The van der Waals surface area contributed by atoms with Crippen LogP contribution in [0.2, 0.25) is 0 Å². The molecule has 0 radical (unpaired) electrons. The molecule has 0 fully saturated rings. The minimum absolute atomic E-state index is 0.00858. The molecule has 13 heteroatoms. The fourth-order valence-corrected chi connectivity index (χ4v) is 8.67. The Bertz CT molecular complexity index is 2790. The number of aromatic amines is 1. The standard InChI is InChI=1S/C43H38N2O9S2/c1-42(2,3)23-43(4,5)25-15-20-31(33(21-25)55(49)50)54-32-22-30(44-26-16-18-27(19-17-26)56(51,52)53)35-36-34(28-13-9-10-14-29(28)40(35)47)37(41(48)45-38(32)36)39(46)24-11-7-6-8-12-24/h6-22,44H,23H2,1-5H3,(H,45,48)(H,49,50)(H,51,52,53). The Morgan fingerprint density at radius 1 is 0.821 bits per heavy atom. The zero-order chi connectivity index (χ0) is 40.3. The SMILES string of the molecule is CC(C)(C)CC(C)(C)c1ccc(Oc2cc(Nc3ccc(S(=O)(=O)O)cc3)c3c4c(c(C(=O)c5ccccc5)c(=O)[nH]c24)-c2ccccc2C3=O)c(S(=O)O)c1. The van der Waals surface area contributed by atoms with Crippen molar-refractivity contribution in [2.24, 2.45) is 5.41 Å². The Hall–Kier alpha value is -5.73. The number of fused-ring (bicyclic) bond motifs is 2. The van der Waals surface area contributed by atoms with Crippen molar-refractivity contribution in [1.29, 1.82) is 0 Å². The molecule has 1 atom stereocenters. The van der Waals surface area contributed by atoms with E-state index >= 15 is 0 Å². The highest BCUT2D eigenvalue weighted by Gasteiger charge is 2.35. The van der Waals surface area contributed by atoms with Crippen LogP contribution < -0.4 is 15.6 Å². The number of anilines is 2. The first-order valence-corrected chi connectivity index (χ1v) is 20.2. The lowest BCUT2D eigenvalue weighted by Gasteiger charge is -2.33. The Morgan fingerprint density at radius 2 is 1.46 bits per heavy atom. The number of rotatable bonds is 10. The summed E-state index contributed by atoms with van der Waals surface area (Å²) in [5, 5.41) is 3.35. The lowest BCUT2D eigenvalue weighted by molar-refractivity contribution is 0.102. The molecule has 1 heterocycles. The van der Waals surface area contributed by atoms with E-state index in [9.17, 15) is 36.1 Å². The van der Waals surface area contributed by atoms with Crippen molar-refractivity contribution in [3.63, 3.8) is 0 Å². The fraction of sp³-hybridized carbons (Fsp3) is 0.186. The Morgan fingerprint density at radius 3 is 2.09 bits per heavy atom. The van der Waals surface area contributed by atoms with Gasteiger partial charge in [0, 0.05) is 33.8 Å². The minimum atomic E-state index is -4.50. The monoisotopic (exact) mass is 790 g/mol. The van der Waals surface area contributed by atoms with Crippen LogP contribution >= 0.6 is 0 Å². The first kappa shape index (κ1) is 38.5. The number of nitrogens with one attached hydrogen (secondary N) is 2. The summed E-state index contributed by atoms with van der Waals surface area (Å²) in [5.74, 6) is -1.02. The Kier molecular flexibility index (Phi) is 9.70. The molecule has 1 aliphatic rings. The van der Waals surface area contributed by atoms with Crippen LogP contribution in [-0.2, 0) is 26.6 Å². The van der Waals surface area contributed by atoms with Crippen molar-refractivity contribution >= 4 is 55.0 Å². The molecule has 1 unspecified atom stereocenters. The quantitative estimate of drug-likeness (QED) is 0.0593. The second-order valence-corrected chi connectivity index (χ2v) is 17.9. The van der Waals surface area contributed by atoms with Crippen LogP contribution in [0.4, 0.5) is 11.4 Å². The van der Waals surface area contributed by atoms with Crippen molar-refractivity contribution in [3.8, 4) is 22.6 Å². The van der Waals surface area contributed by atoms with Gasteiger partial charge < -0.3 is 19.6 Å². The zero-order valence-electron chi connectivity index (χ0n) is 31.1. The molecule has 7 rings (SSSR count). The molecule has 56 heavy (non-hydrogen) atoms. The number of pyridine rings is 1. The number of ketones is 2. The summed E-state index contributed by atoms with van der Waals surface area (Å²) < 4.78 is 63.1. The normalized spacial score (nSPS) is 13.3. The molecule has 0 saturated heterocycles. The third-order valence-corrected chi connectivity index (χ3v) is 11.3. The maximum absolute atomic E-state index is 14.5. The molecule has 0 spiro atoms. The molecular weight excluding hydrogens is 753 g/mol. The van der Waals surface area contributed by atoms with Gasteiger partial charge in [-0.25, -0.2) is 4.21 Å². The van der Waals surface area contributed by atoms with E-state index in [0.717, 1.165) is 12.0 Å². The molecular formula is C43H38N2O9S2. The Labute approximate surface area is 325 Å². The number of carbonyl (C=O) groups is 2. The highest BCUT2D eigenvalue weighted by atomic mass is 32.2. The number of aromatic nitrogens is 1. The molecule has 0 aliphatic heterocycles. The van der Waals surface area contributed by atoms with Crippen molar-refractivity contribution < 1.29 is 36.1 Å². The van der Waals surface area contributed by atoms with E-state index in [-0.39, 0.29) is 76.5 Å². The van der Waals surface area contributed by atoms with Crippen molar-refractivity contribution in [3.05, 3.63) is 141 Å². The van der Waals surface area contributed by atoms with E-state index in [4.69, 9.17) is 4.74 Å². The molecule has 1 aliphatic carbocycles. The third kappa shape index (κ3) is 7.21. The molecule has 4 N–H and O–H groups in total. The van der Waals surface area contributed by atoms with Crippen molar-refractivity contribution in [1.82, 2.24) is 4.98 Å². The van der Waals surface area contributed by atoms with Gasteiger partial charge in [0.05, 0.1) is 27.2 Å². The highest BCUT2D eigenvalue weighted by Crippen LogP contribution is 2.48. The van der Waals surface area contributed by atoms with E-state index in [2.05, 4.69) is 44.9 Å². The lowest BCUT2D eigenvalue weighted by Crippen LogP contribution is -2.25. The maximum Gasteiger partial charge on any atom is 0.294 e. The van der Waals surface area contributed by atoms with Crippen LogP contribution in [0.1, 0.15) is 78.4 Å². The summed E-state index contributed by atoms with van der Waals surface area (Å²) in [6, 6.07) is 26.5. The van der Waals surface area contributed by atoms with Gasteiger partial charge in [0.2, 0.25) is 0 Å². The number of hydrogen-bond acceptors (Lipinski definition) is 8. The number of benzene rings is 5. The van der Waals surface area contributed by atoms with E-state index in [0.29, 0.717) is 11.3 Å². The first-order valence-electron chi connectivity index (χ1n) is 17.6. The molecule has 11 nitrogen and oxygen atoms in total. The molecule has 5 aromatic carbocycles. The summed E-state index contributed by atoms with van der Waals surface area (Å²) in [6.45, 7) is 10.5. The number of hydrogen-bond donors (Lipinski definition) is 4. The first-order chi connectivity index (χ1) is 26.3. The predicted molar refractivity (Wildman–Crippen MR) is 216 cm³/mol. The highest BCUT2D eigenvalue weighted by molar-refractivity contribution is 7.85. The largest absolute Gasteiger partial charge is 0.454 e. The van der Waals surface area contributed by atoms with E-state index < -0.39 is 38.3 Å². The second-order valence-electron chi connectivity index (χ2n) is 15.6. The van der Waals surface area contributed by atoms with Gasteiger partial charge in [0.25, 0.3) is 15.7 Å². The molecule has 0 saturated carbocycles. The summed E-state index contributed by atoms with van der Waals surface area (Å²) in [5.41, 5.74) is 1.10. The van der Waals surface area contributed by atoms with Gasteiger partial charge in [-0.3, -0.25) is 18.9 Å². The van der Waals surface area contributed by atoms with E-state index in [1.165, 1.54) is 30.3 Å². The van der Waals surface area contributed by atoms with Crippen LogP contribution in [0.25, 0.3) is 22.0 Å². The summed E-state index contributed by atoms with van der Waals surface area (Å²) in [7, 11) is -4.50. The smallest absolute Gasteiger partial charge is 0.294 e. The van der Waals surface area contributed by atoms with Crippen molar-refractivity contribution in [2.45, 2.75) is 56.2 Å². The van der Waals surface area contributed by atoms with Crippen LogP contribution in [-0.4, -0.2) is 38.3 Å². The predicted octanol–water partition coefficient (Wildman–Crippen LogP) is 9.05. The lowest BCUT2D eigenvalue weighted by atomic mass is 9.72. The van der Waals surface area contributed by atoms with Crippen LogP contribution in [0.15, 0.2) is 118 Å². The Balaban J connectivity index is 1.51. The number of ether oxygens (including phenoxy) is 1. The second kappa shape index (κ2) is 14.1. The van der Waals surface area contributed by atoms with Gasteiger partial charge in [0.15, 0.2) is 28.4 Å². The van der Waals surface area contributed by atoms with Crippen LogP contribution in [0, 0.1) is 5.41 Å². The molecule has 0 amide bonds. The van der Waals surface area contributed by atoms with E-state index in [1.807, 2.05) is 6.07 Å². The third-order valence-electron chi connectivity index (χ3n) is 9.72. The molecule has 1 aromatic heterocycles. The zero-order valence-corrected chi connectivity index (χ0v) is 32.7. The summed E-state index contributed by atoms with van der Waals surface area (Å²) in [4.78, 5) is 45.4. The van der Waals surface area contributed by atoms with Crippen molar-refractivity contribution in [2.75, 3.05) is 5.32 Å². The van der Waals surface area contributed by atoms with Crippen LogP contribution in [0.5, 0.6) is 11.5 Å². The molecule has 6 aromatic rings. The average molecular weight is 791 g/mol. The molecule has 0 bridgehead atoms. The fourth-order valence-electron chi connectivity index (χ4n) is 7.68. The molecule has 286 valence electrons. The number of carbonyl (C=O) groups excluding carboxylic acids is 2. The van der Waals surface area contributed by atoms with Gasteiger partial charge >= 0.3 is 0 Å². The minimum Gasteiger partial charge on any atom is -0.454 e. The number of H-pyrrole nitrogens is 1.